The maximum Gasteiger partial charge on any atom is 0.321 e. The van der Waals surface area contributed by atoms with Crippen LogP contribution in [0.5, 0.6) is 0 Å². The lowest BCUT2D eigenvalue weighted by molar-refractivity contribution is -0.682. The van der Waals surface area contributed by atoms with E-state index in [1.54, 1.807) is 12.2 Å². The molecule has 0 spiro atoms. The summed E-state index contributed by atoms with van der Waals surface area (Å²) in [6.07, 6.45) is 0. The molecule has 3 amide bonds. The first kappa shape index (κ1) is 18.0. The number of quaternary nitrogens is 1. The van der Waals surface area contributed by atoms with Gasteiger partial charge < -0.3 is 10.6 Å². The summed E-state index contributed by atoms with van der Waals surface area (Å²) in [5.74, 6) is -1.49. The second-order valence-corrected chi connectivity index (χ2v) is 5.55. The Morgan fingerprint density at radius 1 is 1.23 bits per heavy atom. The molecule has 7 heteroatoms. The SMILES string of the molecule is CC(C)CNC(=O)NC(=O)C[NH2+][C@@H](C)c1ccc(F)cc1F. The van der Waals surface area contributed by atoms with E-state index >= 15 is 0 Å². The number of imide groups is 1. The fourth-order valence-corrected chi connectivity index (χ4v) is 1.80. The van der Waals surface area contributed by atoms with E-state index < -0.39 is 23.6 Å². The molecule has 0 unspecified atom stereocenters. The number of hydrogen-bond acceptors (Lipinski definition) is 2. The predicted octanol–water partition coefficient (Wildman–Crippen LogP) is 1.07. The molecule has 1 aromatic carbocycles. The third-order valence-corrected chi connectivity index (χ3v) is 3.03. The van der Waals surface area contributed by atoms with Crippen LogP contribution in [0.3, 0.4) is 0 Å². The molecule has 1 aromatic rings. The van der Waals surface area contributed by atoms with E-state index in [0.29, 0.717) is 12.1 Å². The van der Waals surface area contributed by atoms with E-state index in [-0.39, 0.29) is 18.5 Å². The van der Waals surface area contributed by atoms with Crippen molar-refractivity contribution in [2.45, 2.75) is 26.8 Å². The van der Waals surface area contributed by atoms with Gasteiger partial charge in [0.05, 0.1) is 0 Å². The highest BCUT2D eigenvalue weighted by Gasteiger charge is 2.17. The van der Waals surface area contributed by atoms with Crippen molar-refractivity contribution in [2.75, 3.05) is 13.1 Å². The number of nitrogens with one attached hydrogen (secondary N) is 2. The van der Waals surface area contributed by atoms with Crippen molar-refractivity contribution in [1.82, 2.24) is 10.6 Å². The zero-order valence-electron chi connectivity index (χ0n) is 13.0. The maximum absolute atomic E-state index is 13.6. The lowest BCUT2D eigenvalue weighted by Gasteiger charge is -2.12. The van der Waals surface area contributed by atoms with Crippen molar-refractivity contribution < 1.29 is 23.7 Å². The van der Waals surface area contributed by atoms with Crippen LogP contribution in [0.4, 0.5) is 13.6 Å². The van der Waals surface area contributed by atoms with E-state index in [0.717, 1.165) is 6.07 Å². The van der Waals surface area contributed by atoms with Crippen LogP contribution < -0.4 is 16.0 Å². The van der Waals surface area contributed by atoms with Crippen LogP contribution in [0, 0.1) is 17.6 Å². The van der Waals surface area contributed by atoms with Gasteiger partial charge in [-0.05, 0) is 25.0 Å². The Kier molecular flexibility index (Phi) is 6.91. The number of carbonyl (C=O) groups is 2. The minimum Gasteiger partial charge on any atom is -0.338 e. The Morgan fingerprint density at radius 3 is 2.50 bits per heavy atom. The standard InChI is InChI=1S/C15H21F2N3O2/c1-9(2)7-19-15(22)20-14(21)8-18-10(3)12-5-4-11(16)6-13(12)17/h4-6,9-10,18H,7-8H2,1-3H3,(H2,19,20,21,22)/p+1/t10-/m0/s1. The summed E-state index contributed by atoms with van der Waals surface area (Å²) in [7, 11) is 0. The van der Waals surface area contributed by atoms with Gasteiger partial charge in [-0.2, -0.15) is 0 Å². The zero-order valence-corrected chi connectivity index (χ0v) is 13.0. The maximum atomic E-state index is 13.6. The fraction of sp³-hybridized carbons (Fsp3) is 0.467. The van der Waals surface area contributed by atoms with E-state index in [2.05, 4.69) is 10.6 Å². The molecule has 0 aromatic heterocycles. The number of hydrogen-bond donors (Lipinski definition) is 3. The van der Waals surface area contributed by atoms with Gasteiger partial charge in [-0.1, -0.05) is 13.8 Å². The van der Waals surface area contributed by atoms with Crippen LogP contribution in [0.2, 0.25) is 0 Å². The Labute approximate surface area is 128 Å². The average Bonchev–Trinajstić information content (AvgIpc) is 2.42. The minimum absolute atomic E-state index is 0.0346. The number of halogens is 2. The number of nitrogens with two attached hydrogens (primary N) is 1. The normalized spacial score (nSPS) is 12.1. The highest BCUT2D eigenvalue weighted by atomic mass is 19.1. The zero-order chi connectivity index (χ0) is 16.7. The van der Waals surface area contributed by atoms with Crippen molar-refractivity contribution in [3.63, 3.8) is 0 Å². The first-order chi connectivity index (χ1) is 10.3. The molecular weight excluding hydrogens is 292 g/mol. The molecule has 122 valence electrons. The Morgan fingerprint density at radius 2 is 1.91 bits per heavy atom. The van der Waals surface area contributed by atoms with Crippen LogP contribution in [-0.2, 0) is 4.79 Å². The molecule has 4 N–H and O–H groups in total. The minimum atomic E-state index is -0.654. The first-order valence-electron chi connectivity index (χ1n) is 7.15. The van der Waals surface area contributed by atoms with Crippen LogP contribution in [-0.4, -0.2) is 25.0 Å². The van der Waals surface area contributed by atoms with Crippen molar-refractivity contribution in [3.8, 4) is 0 Å². The largest absolute Gasteiger partial charge is 0.338 e. The van der Waals surface area contributed by atoms with E-state index in [4.69, 9.17) is 0 Å². The molecule has 0 heterocycles. The Hall–Kier alpha value is -2.02. The van der Waals surface area contributed by atoms with Gasteiger partial charge in [0, 0.05) is 18.2 Å². The molecule has 22 heavy (non-hydrogen) atoms. The Bertz CT molecular complexity index is 536. The van der Waals surface area contributed by atoms with E-state index in [1.165, 1.54) is 12.1 Å². The van der Waals surface area contributed by atoms with E-state index in [9.17, 15) is 18.4 Å². The van der Waals surface area contributed by atoms with Crippen LogP contribution in [0.1, 0.15) is 32.4 Å². The molecule has 0 aliphatic rings. The molecule has 0 saturated heterocycles. The topological polar surface area (TPSA) is 74.8 Å². The second-order valence-electron chi connectivity index (χ2n) is 5.55. The van der Waals surface area contributed by atoms with Crippen molar-refractivity contribution in [1.29, 1.82) is 0 Å². The summed E-state index contributed by atoms with van der Waals surface area (Å²) in [6, 6.07) is 2.40. The third kappa shape index (κ3) is 6.17. The summed E-state index contributed by atoms with van der Waals surface area (Å²) in [4.78, 5) is 23.0. The van der Waals surface area contributed by atoms with Crippen LogP contribution in [0.15, 0.2) is 18.2 Å². The predicted molar refractivity (Wildman–Crippen MR) is 77.9 cm³/mol. The number of carbonyl (C=O) groups excluding carboxylic acids is 2. The third-order valence-electron chi connectivity index (χ3n) is 3.03. The molecule has 0 saturated carbocycles. The smallest absolute Gasteiger partial charge is 0.321 e. The molecule has 0 bridgehead atoms. The summed E-state index contributed by atoms with van der Waals surface area (Å²) in [5, 5.41) is 6.32. The summed E-state index contributed by atoms with van der Waals surface area (Å²) in [6.45, 7) is 6.01. The van der Waals surface area contributed by atoms with Crippen LogP contribution in [0.25, 0.3) is 0 Å². The number of rotatable bonds is 6. The van der Waals surface area contributed by atoms with Gasteiger partial charge in [0.2, 0.25) is 0 Å². The van der Waals surface area contributed by atoms with Gasteiger partial charge in [0.1, 0.15) is 17.7 Å². The quantitative estimate of drug-likeness (QED) is 0.735. The lowest BCUT2D eigenvalue weighted by atomic mass is 10.1. The summed E-state index contributed by atoms with van der Waals surface area (Å²) >= 11 is 0. The molecule has 1 atom stereocenters. The number of amides is 3. The van der Waals surface area contributed by atoms with Gasteiger partial charge in [-0.15, -0.1) is 0 Å². The number of urea groups is 1. The summed E-state index contributed by atoms with van der Waals surface area (Å²) < 4.78 is 26.4. The number of benzene rings is 1. The van der Waals surface area contributed by atoms with Gasteiger partial charge in [0.25, 0.3) is 5.91 Å². The van der Waals surface area contributed by atoms with Gasteiger partial charge in [-0.3, -0.25) is 10.1 Å². The van der Waals surface area contributed by atoms with Gasteiger partial charge in [-0.25, -0.2) is 13.6 Å². The monoisotopic (exact) mass is 314 g/mol. The highest BCUT2D eigenvalue weighted by Crippen LogP contribution is 2.14. The van der Waals surface area contributed by atoms with Crippen molar-refractivity contribution >= 4 is 11.9 Å². The molecule has 0 fully saturated rings. The van der Waals surface area contributed by atoms with Crippen molar-refractivity contribution in [3.05, 3.63) is 35.4 Å². The lowest BCUT2D eigenvalue weighted by Crippen LogP contribution is -2.87. The molecular formula is C15H22F2N3O2+. The molecule has 0 aliphatic carbocycles. The average molecular weight is 314 g/mol. The second kappa shape index (κ2) is 8.43. The van der Waals surface area contributed by atoms with E-state index in [1.807, 2.05) is 13.8 Å². The highest BCUT2D eigenvalue weighted by molar-refractivity contribution is 5.94. The molecule has 1 rings (SSSR count). The fourth-order valence-electron chi connectivity index (χ4n) is 1.80. The first-order valence-corrected chi connectivity index (χ1v) is 7.15. The van der Waals surface area contributed by atoms with Crippen LogP contribution >= 0.6 is 0 Å². The summed E-state index contributed by atoms with van der Waals surface area (Å²) in [5.41, 5.74) is 0.304. The Balaban J connectivity index is 2.41. The molecule has 5 nitrogen and oxygen atoms in total. The van der Waals surface area contributed by atoms with Gasteiger partial charge in [0.15, 0.2) is 6.54 Å². The van der Waals surface area contributed by atoms with Crippen molar-refractivity contribution in [2.24, 2.45) is 5.92 Å². The van der Waals surface area contributed by atoms with Gasteiger partial charge >= 0.3 is 6.03 Å². The molecule has 0 radical (unpaired) electrons. The molecule has 0 aliphatic heterocycles.